The lowest BCUT2D eigenvalue weighted by Gasteiger charge is -2.18. The second-order valence-electron chi connectivity index (χ2n) is 4.21. The van der Waals surface area contributed by atoms with E-state index in [1.165, 1.54) is 43.4 Å². The molecule has 0 aromatic heterocycles. The minimum Gasteiger partial charge on any atom is -0.310 e. The monoisotopic (exact) mass is 189 g/mol. The number of hydrogen-bond donors (Lipinski definition) is 1. The Kier molecular flexibility index (Phi) is 3.20. The van der Waals surface area contributed by atoms with Crippen molar-refractivity contribution in [1.82, 2.24) is 5.32 Å². The maximum Gasteiger partial charge on any atom is 0.0322 e. The first-order chi connectivity index (χ1) is 6.88. The highest BCUT2D eigenvalue weighted by atomic mass is 14.9. The molecule has 1 saturated heterocycles. The molecule has 1 heterocycles. The van der Waals surface area contributed by atoms with Crippen molar-refractivity contribution in [2.24, 2.45) is 0 Å². The Bertz CT molecular complexity index is 285. The van der Waals surface area contributed by atoms with Crippen LogP contribution in [0.2, 0.25) is 0 Å². The van der Waals surface area contributed by atoms with Crippen molar-refractivity contribution in [2.45, 2.75) is 38.6 Å². The van der Waals surface area contributed by atoms with Gasteiger partial charge >= 0.3 is 0 Å². The van der Waals surface area contributed by atoms with E-state index in [-0.39, 0.29) is 0 Å². The number of rotatable bonds is 1. The molecule has 1 aromatic rings. The molecule has 1 aliphatic heterocycles. The van der Waals surface area contributed by atoms with Gasteiger partial charge in [0.15, 0.2) is 0 Å². The van der Waals surface area contributed by atoms with Gasteiger partial charge in [-0.3, -0.25) is 0 Å². The molecule has 1 aromatic carbocycles. The Balaban J connectivity index is 2.16. The van der Waals surface area contributed by atoms with Crippen molar-refractivity contribution in [2.75, 3.05) is 6.54 Å². The fraction of sp³-hybridized carbons (Fsp3) is 0.538. The molecule has 14 heavy (non-hydrogen) atoms. The van der Waals surface area contributed by atoms with Gasteiger partial charge in [0.1, 0.15) is 0 Å². The van der Waals surface area contributed by atoms with Crippen molar-refractivity contribution < 1.29 is 0 Å². The normalized spacial score (nSPS) is 23.1. The van der Waals surface area contributed by atoms with E-state index in [4.69, 9.17) is 0 Å². The predicted octanol–water partition coefficient (Wildman–Crippen LogP) is 3.20. The number of aryl methyl sites for hydroxylation is 1. The first-order valence-corrected chi connectivity index (χ1v) is 5.67. The van der Waals surface area contributed by atoms with Crippen LogP contribution in [-0.4, -0.2) is 6.54 Å². The maximum absolute atomic E-state index is 3.64. The summed E-state index contributed by atoms with van der Waals surface area (Å²) in [5.74, 6) is 0. The lowest BCUT2D eigenvalue weighted by Crippen LogP contribution is -2.20. The van der Waals surface area contributed by atoms with E-state index in [1.807, 2.05) is 0 Å². The van der Waals surface area contributed by atoms with Gasteiger partial charge < -0.3 is 5.32 Å². The SMILES string of the molecule is Cc1ccccc1[C@@H]1CCCCCN1. The van der Waals surface area contributed by atoms with Crippen LogP contribution in [0.1, 0.15) is 42.9 Å². The molecular formula is C13H19N. The zero-order valence-electron chi connectivity index (χ0n) is 8.92. The summed E-state index contributed by atoms with van der Waals surface area (Å²) >= 11 is 0. The second-order valence-corrected chi connectivity index (χ2v) is 4.21. The molecule has 0 saturated carbocycles. The van der Waals surface area contributed by atoms with Crippen LogP contribution in [-0.2, 0) is 0 Å². The summed E-state index contributed by atoms with van der Waals surface area (Å²) < 4.78 is 0. The van der Waals surface area contributed by atoms with Crippen molar-refractivity contribution in [1.29, 1.82) is 0 Å². The molecule has 1 fully saturated rings. The molecule has 1 aliphatic rings. The van der Waals surface area contributed by atoms with Crippen LogP contribution < -0.4 is 5.32 Å². The summed E-state index contributed by atoms with van der Waals surface area (Å²) in [5, 5.41) is 3.64. The minimum absolute atomic E-state index is 0.596. The average Bonchev–Trinajstić information content (AvgIpc) is 2.47. The first kappa shape index (κ1) is 9.72. The first-order valence-electron chi connectivity index (χ1n) is 5.67. The second kappa shape index (κ2) is 4.61. The van der Waals surface area contributed by atoms with E-state index < -0.39 is 0 Å². The van der Waals surface area contributed by atoms with Crippen LogP contribution in [0.5, 0.6) is 0 Å². The smallest absolute Gasteiger partial charge is 0.0322 e. The molecule has 2 rings (SSSR count). The zero-order chi connectivity index (χ0) is 9.80. The fourth-order valence-corrected chi connectivity index (χ4v) is 2.27. The molecule has 0 aliphatic carbocycles. The third kappa shape index (κ3) is 2.16. The minimum atomic E-state index is 0.596. The van der Waals surface area contributed by atoms with Crippen LogP contribution in [0, 0.1) is 6.92 Å². The van der Waals surface area contributed by atoms with Gasteiger partial charge in [0.05, 0.1) is 0 Å². The van der Waals surface area contributed by atoms with E-state index in [2.05, 4.69) is 36.5 Å². The highest BCUT2D eigenvalue weighted by Crippen LogP contribution is 2.24. The van der Waals surface area contributed by atoms with E-state index in [1.54, 1.807) is 0 Å². The Morgan fingerprint density at radius 2 is 2.00 bits per heavy atom. The molecule has 76 valence electrons. The molecule has 0 spiro atoms. The van der Waals surface area contributed by atoms with Crippen molar-refractivity contribution in [3.8, 4) is 0 Å². The van der Waals surface area contributed by atoms with Gasteiger partial charge in [-0.25, -0.2) is 0 Å². The van der Waals surface area contributed by atoms with E-state index in [0.717, 1.165) is 0 Å². The summed E-state index contributed by atoms with van der Waals surface area (Å²) in [6, 6.07) is 9.34. The van der Waals surface area contributed by atoms with Crippen LogP contribution in [0.15, 0.2) is 24.3 Å². The van der Waals surface area contributed by atoms with Gasteiger partial charge in [-0.2, -0.15) is 0 Å². The van der Waals surface area contributed by atoms with Gasteiger partial charge in [0.25, 0.3) is 0 Å². The molecule has 1 N–H and O–H groups in total. The molecule has 0 amide bonds. The standard InChI is InChI=1S/C13H19N/c1-11-7-4-5-8-12(11)13-9-3-2-6-10-14-13/h4-5,7-8,13-14H,2-3,6,9-10H2,1H3/t13-/m0/s1. The van der Waals surface area contributed by atoms with Crippen LogP contribution in [0.3, 0.4) is 0 Å². The lowest BCUT2D eigenvalue weighted by molar-refractivity contribution is 0.532. The van der Waals surface area contributed by atoms with E-state index in [0.29, 0.717) is 6.04 Å². The molecule has 0 bridgehead atoms. The highest BCUT2D eigenvalue weighted by molar-refractivity contribution is 5.28. The van der Waals surface area contributed by atoms with Gasteiger partial charge in [-0.05, 0) is 37.4 Å². The largest absolute Gasteiger partial charge is 0.310 e. The van der Waals surface area contributed by atoms with Crippen LogP contribution in [0.25, 0.3) is 0 Å². The summed E-state index contributed by atoms with van der Waals surface area (Å²) in [7, 11) is 0. The average molecular weight is 189 g/mol. The quantitative estimate of drug-likeness (QED) is 0.715. The van der Waals surface area contributed by atoms with Gasteiger partial charge in [0, 0.05) is 6.04 Å². The topological polar surface area (TPSA) is 12.0 Å². The molecule has 0 radical (unpaired) electrons. The van der Waals surface area contributed by atoms with Crippen molar-refractivity contribution >= 4 is 0 Å². The van der Waals surface area contributed by atoms with Crippen molar-refractivity contribution in [3.63, 3.8) is 0 Å². The summed E-state index contributed by atoms with van der Waals surface area (Å²) in [6.07, 6.45) is 5.38. The van der Waals surface area contributed by atoms with Crippen LogP contribution >= 0.6 is 0 Å². The summed E-state index contributed by atoms with van der Waals surface area (Å²) in [5.41, 5.74) is 2.92. The predicted molar refractivity (Wildman–Crippen MR) is 60.4 cm³/mol. The molecule has 1 heteroatoms. The van der Waals surface area contributed by atoms with Gasteiger partial charge in [-0.15, -0.1) is 0 Å². The highest BCUT2D eigenvalue weighted by Gasteiger charge is 2.14. The fourth-order valence-electron chi connectivity index (χ4n) is 2.27. The lowest BCUT2D eigenvalue weighted by atomic mass is 9.98. The Labute approximate surface area is 86.5 Å². The molecular weight excluding hydrogens is 170 g/mol. The van der Waals surface area contributed by atoms with Crippen LogP contribution in [0.4, 0.5) is 0 Å². The summed E-state index contributed by atoms with van der Waals surface area (Å²) in [4.78, 5) is 0. The van der Waals surface area contributed by atoms with E-state index >= 15 is 0 Å². The Morgan fingerprint density at radius 1 is 1.14 bits per heavy atom. The Hall–Kier alpha value is -0.820. The third-order valence-electron chi connectivity index (χ3n) is 3.12. The molecule has 0 unspecified atom stereocenters. The molecule has 1 nitrogen and oxygen atoms in total. The maximum atomic E-state index is 3.64. The van der Waals surface area contributed by atoms with Gasteiger partial charge in [-0.1, -0.05) is 37.1 Å². The number of hydrogen-bond acceptors (Lipinski definition) is 1. The van der Waals surface area contributed by atoms with E-state index in [9.17, 15) is 0 Å². The zero-order valence-corrected chi connectivity index (χ0v) is 8.92. The number of benzene rings is 1. The summed E-state index contributed by atoms with van der Waals surface area (Å²) in [6.45, 7) is 3.39. The van der Waals surface area contributed by atoms with Gasteiger partial charge in [0.2, 0.25) is 0 Å². The number of nitrogens with one attached hydrogen (secondary N) is 1. The Morgan fingerprint density at radius 3 is 2.86 bits per heavy atom. The third-order valence-corrected chi connectivity index (χ3v) is 3.12. The molecule has 1 atom stereocenters. The van der Waals surface area contributed by atoms with Crippen molar-refractivity contribution in [3.05, 3.63) is 35.4 Å².